The minimum Gasteiger partial charge on any atom is -0.497 e. The molecular formula is C17H17NO2. The van der Waals surface area contributed by atoms with Gasteiger partial charge in [-0.1, -0.05) is 30.3 Å². The highest BCUT2D eigenvalue weighted by Gasteiger charge is 2.24. The molecule has 3 rings (SSSR count). The van der Waals surface area contributed by atoms with Gasteiger partial charge in [0.25, 0.3) is 5.91 Å². The number of amides is 1. The molecule has 1 amide bonds. The Morgan fingerprint density at radius 1 is 1.15 bits per heavy atom. The number of rotatable bonds is 3. The molecule has 0 unspecified atom stereocenters. The van der Waals surface area contributed by atoms with Crippen LogP contribution in [0, 0.1) is 0 Å². The van der Waals surface area contributed by atoms with Crippen molar-refractivity contribution in [2.75, 3.05) is 13.7 Å². The van der Waals surface area contributed by atoms with Crippen molar-refractivity contribution in [1.82, 2.24) is 4.90 Å². The number of fused-ring (bicyclic) bond motifs is 1. The number of benzene rings is 2. The Bertz CT molecular complexity index is 622. The van der Waals surface area contributed by atoms with E-state index in [-0.39, 0.29) is 5.91 Å². The summed E-state index contributed by atoms with van der Waals surface area (Å²) in [7, 11) is 1.65. The monoisotopic (exact) mass is 267 g/mol. The Balaban J connectivity index is 1.82. The van der Waals surface area contributed by atoms with Crippen molar-refractivity contribution in [2.24, 2.45) is 0 Å². The van der Waals surface area contributed by atoms with Crippen LogP contribution >= 0.6 is 0 Å². The van der Waals surface area contributed by atoms with Crippen LogP contribution in [-0.2, 0) is 13.0 Å². The fraction of sp³-hybridized carbons (Fsp3) is 0.235. The van der Waals surface area contributed by atoms with Crippen LogP contribution in [0.3, 0.4) is 0 Å². The van der Waals surface area contributed by atoms with Gasteiger partial charge in [-0.05, 0) is 35.7 Å². The first-order valence-corrected chi connectivity index (χ1v) is 6.78. The fourth-order valence-corrected chi connectivity index (χ4v) is 2.59. The molecule has 0 atom stereocenters. The topological polar surface area (TPSA) is 29.5 Å². The van der Waals surface area contributed by atoms with Crippen LogP contribution in [0.1, 0.15) is 21.5 Å². The first-order chi connectivity index (χ1) is 9.78. The van der Waals surface area contributed by atoms with Crippen LogP contribution in [-0.4, -0.2) is 24.5 Å². The molecule has 2 aromatic carbocycles. The van der Waals surface area contributed by atoms with E-state index in [0.29, 0.717) is 6.54 Å². The number of carbonyl (C=O) groups excluding carboxylic acids is 1. The summed E-state index contributed by atoms with van der Waals surface area (Å²) in [5.74, 6) is 0.922. The molecule has 0 N–H and O–H groups in total. The second kappa shape index (κ2) is 5.37. The van der Waals surface area contributed by atoms with E-state index in [9.17, 15) is 4.79 Å². The molecule has 0 saturated heterocycles. The highest BCUT2D eigenvalue weighted by molar-refractivity contribution is 5.96. The van der Waals surface area contributed by atoms with Gasteiger partial charge in [-0.15, -0.1) is 0 Å². The van der Waals surface area contributed by atoms with Crippen molar-refractivity contribution in [3.8, 4) is 5.75 Å². The third-order valence-electron chi connectivity index (χ3n) is 3.70. The van der Waals surface area contributed by atoms with Gasteiger partial charge in [-0.2, -0.15) is 0 Å². The molecule has 1 aliphatic heterocycles. The number of nitrogens with zero attached hydrogens (tertiary/aromatic N) is 1. The molecule has 1 aliphatic rings. The molecule has 0 saturated carbocycles. The highest BCUT2D eigenvalue weighted by Crippen LogP contribution is 2.24. The highest BCUT2D eigenvalue weighted by atomic mass is 16.5. The molecule has 0 fully saturated rings. The molecule has 1 heterocycles. The zero-order chi connectivity index (χ0) is 13.9. The molecule has 0 aromatic heterocycles. The van der Waals surface area contributed by atoms with Gasteiger partial charge in [-0.25, -0.2) is 0 Å². The van der Waals surface area contributed by atoms with Gasteiger partial charge in [-0.3, -0.25) is 4.79 Å². The SMILES string of the molecule is COc1ccc2c(c1)CCN(Cc1ccccc1)C2=O. The second-order valence-electron chi connectivity index (χ2n) is 4.99. The van der Waals surface area contributed by atoms with E-state index in [4.69, 9.17) is 4.74 Å². The van der Waals surface area contributed by atoms with Gasteiger partial charge in [0.05, 0.1) is 7.11 Å². The molecular weight excluding hydrogens is 250 g/mol. The molecule has 0 aliphatic carbocycles. The van der Waals surface area contributed by atoms with Crippen LogP contribution in [0.2, 0.25) is 0 Å². The maximum atomic E-state index is 12.5. The summed E-state index contributed by atoms with van der Waals surface area (Å²) >= 11 is 0. The van der Waals surface area contributed by atoms with E-state index >= 15 is 0 Å². The van der Waals surface area contributed by atoms with Gasteiger partial charge in [0.2, 0.25) is 0 Å². The summed E-state index contributed by atoms with van der Waals surface area (Å²) in [6.07, 6.45) is 0.880. The summed E-state index contributed by atoms with van der Waals surface area (Å²) in [5.41, 5.74) is 3.05. The van der Waals surface area contributed by atoms with Gasteiger partial charge >= 0.3 is 0 Å². The maximum absolute atomic E-state index is 12.5. The quantitative estimate of drug-likeness (QED) is 0.855. The van der Waals surface area contributed by atoms with Gasteiger partial charge in [0.1, 0.15) is 5.75 Å². The average Bonchev–Trinajstić information content (AvgIpc) is 2.51. The average molecular weight is 267 g/mol. The fourth-order valence-electron chi connectivity index (χ4n) is 2.59. The Hall–Kier alpha value is -2.29. The third kappa shape index (κ3) is 2.39. The summed E-state index contributed by atoms with van der Waals surface area (Å²) in [6, 6.07) is 15.8. The summed E-state index contributed by atoms with van der Waals surface area (Å²) in [6.45, 7) is 1.43. The van der Waals surface area contributed by atoms with E-state index in [1.807, 2.05) is 41.3 Å². The third-order valence-corrected chi connectivity index (χ3v) is 3.70. The molecule has 3 heteroatoms. The Morgan fingerprint density at radius 3 is 2.70 bits per heavy atom. The molecule has 2 aromatic rings. The van der Waals surface area contributed by atoms with Gasteiger partial charge < -0.3 is 9.64 Å². The van der Waals surface area contributed by atoms with E-state index in [0.717, 1.165) is 35.4 Å². The first kappa shape index (κ1) is 12.7. The van der Waals surface area contributed by atoms with Crippen LogP contribution in [0.25, 0.3) is 0 Å². The van der Waals surface area contributed by atoms with Crippen molar-refractivity contribution in [2.45, 2.75) is 13.0 Å². The second-order valence-corrected chi connectivity index (χ2v) is 4.99. The maximum Gasteiger partial charge on any atom is 0.254 e. The predicted molar refractivity (Wildman–Crippen MR) is 77.9 cm³/mol. The van der Waals surface area contributed by atoms with Crippen molar-refractivity contribution >= 4 is 5.91 Å². The molecule has 0 spiro atoms. The zero-order valence-corrected chi connectivity index (χ0v) is 11.5. The Labute approximate surface area is 118 Å². The van der Waals surface area contributed by atoms with E-state index in [1.165, 1.54) is 0 Å². The number of ether oxygens (including phenoxy) is 1. The van der Waals surface area contributed by atoms with Crippen molar-refractivity contribution in [3.63, 3.8) is 0 Å². The molecule has 102 valence electrons. The molecule has 0 radical (unpaired) electrons. The number of carbonyl (C=O) groups is 1. The van der Waals surface area contributed by atoms with Crippen LogP contribution in [0.5, 0.6) is 5.75 Å². The minimum atomic E-state index is 0.109. The molecule has 0 bridgehead atoms. The van der Waals surface area contributed by atoms with Crippen molar-refractivity contribution < 1.29 is 9.53 Å². The lowest BCUT2D eigenvalue weighted by molar-refractivity contribution is 0.0727. The van der Waals surface area contributed by atoms with Crippen molar-refractivity contribution in [3.05, 3.63) is 65.2 Å². The minimum absolute atomic E-state index is 0.109. The Kier molecular flexibility index (Phi) is 3.42. The van der Waals surface area contributed by atoms with Gasteiger partial charge in [0.15, 0.2) is 0 Å². The summed E-state index contributed by atoms with van der Waals surface area (Å²) in [4.78, 5) is 14.4. The van der Waals surface area contributed by atoms with Crippen LogP contribution in [0.4, 0.5) is 0 Å². The van der Waals surface area contributed by atoms with Crippen molar-refractivity contribution in [1.29, 1.82) is 0 Å². The van der Waals surface area contributed by atoms with E-state index in [1.54, 1.807) is 7.11 Å². The first-order valence-electron chi connectivity index (χ1n) is 6.78. The number of hydrogen-bond donors (Lipinski definition) is 0. The lowest BCUT2D eigenvalue weighted by Gasteiger charge is -2.29. The Morgan fingerprint density at radius 2 is 1.95 bits per heavy atom. The smallest absolute Gasteiger partial charge is 0.254 e. The normalized spacial score (nSPS) is 14.1. The summed E-state index contributed by atoms with van der Waals surface area (Å²) in [5, 5.41) is 0. The number of hydrogen-bond acceptors (Lipinski definition) is 2. The van der Waals surface area contributed by atoms with Crippen LogP contribution < -0.4 is 4.74 Å². The zero-order valence-electron chi connectivity index (χ0n) is 11.5. The lowest BCUT2D eigenvalue weighted by Crippen LogP contribution is -2.37. The van der Waals surface area contributed by atoms with Crippen LogP contribution in [0.15, 0.2) is 48.5 Å². The van der Waals surface area contributed by atoms with E-state index in [2.05, 4.69) is 12.1 Å². The molecule has 20 heavy (non-hydrogen) atoms. The number of methoxy groups -OCH3 is 1. The predicted octanol–water partition coefficient (Wildman–Crippen LogP) is 2.89. The largest absolute Gasteiger partial charge is 0.497 e. The standard InChI is InChI=1S/C17H17NO2/c1-20-15-7-8-16-14(11-15)9-10-18(17(16)19)12-13-5-3-2-4-6-13/h2-8,11H,9-10,12H2,1H3. The summed E-state index contributed by atoms with van der Waals surface area (Å²) < 4.78 is 5.21. The van der Waals surface area contributed by atoms with Gasteiger partial charge in [0, 0.05) is 18.7 Å². The van der Waals surface area contributed by atoms with E-state index < -0.39 is 0 Å². The molecule has 3 nitrogen and oxygen atoms in total. The lowest BCUT2D eigenvalue weighted by atomic mass is 9.98.